The van der Waals surface area contributed by atoms with E-state index in [1.165, 1.54) is 0 Å². The minimum Gasteiger partial charge on any atom is -0.493 e. The molecule has 22 heavy (non-hydrogen) atoms. The third-order valence-corrected chi connectivity index (χ3v) is 3.43. The first kappa shape index (κ1) is 15.7. The molecule has 0 saturated heterocycles. The van der Waals surface area contributed by atoms with Crippen LogP contribution >= 0.6 is 0 Å². The maximum absolute atomic E-state index is 10.9. The molecule has 2 aromatic rings. The molecule has 0 unspecified atom stereocenters. The van der Waals surface area contributed by atoms with E-state index in [0.29, 0.717) is 18.0 Å². The van der Waals surface area contributed by atoms with Gasteiger partial charge in [0.25, 0.3) is 0 Å². The van der Waals surface area contributed by atoms with Crippen LogP contribution in [0.5, 0.6) is 11.5 Å². The zero-order valence-electron chi connectivity index (χ0n) is 12.8. The predicted molar refractivity (Wildman–Crippen MR) is 85.0 cm³/mol. The smallest absolute Gasteiger partial charge is 0.335 e. The summed E-state index contributed by atoms with van der Waals surface area (Å²) >= 11 is 0. The fraction of sp³-hybridized carbons (Fsp3) is 0.235. The highest BCUT2D eigenvalue weighted by molar-refractivity contribution is 5.88. The Morgan fingerprint density at radius 1 is 1.18 bits per heavy atom. The van der Waals surface area contributed by atoms with Crippen LogP contribution in [0.1, 0.15) is 21.5 Å². The fourth-order valence-corrected chi connectivity index (χ4v) is 2.28. The normalized spacial score (nSPS) is 10.1. The molecular formula is C17H19NO4. The number of hydrogen-bond donors (Lipinski definition) is 2. The van der Waals surface area contributed by atoms with Gasteiger partial charge in [-0.1, -0.05) is 12.1 Å². The van der Waals surface area contributed by atoms with Crippen molar-refractivity contribution in [3.05, 3.63) is 53.1 Å². The van der Waals surface area contributed by atoms with Gasteiger partial charge in [-0.2, -0.15) is 0 Å². The number of carboxylic acid groups (broad SMARTS) is 1. The third-order valence-electron chi connectivity index (χ3n) is 3.43. The summed E-state index contributed by atoms with van der Waals surface area (Å²) in [5.41, 5.74) is 3.00. The van der Waals surface area contributed by atoms with Crippen LogP contribution in [0.25, 0.3) is 0 Å². The Labute approximate surface area is 129 Å². The first-order valence-electron chi connectivity index (χ1n) is 6.84. The topological polar surface area (TPSA) is 67.8 Å². The standard InChI is InChI=1S/C17H19NO4/c1-11-9-12(17(19)20)7-8-14(11)18-10-13-5-4-6-15(21-2)16(13)22-3/h4-9,18H,10H2,1-3H3,(H,19,20). The first-order chi connectivity index (χ1) is 10.6. The van der Waals surface area contributed by atoms with E-state index in [0.717, 1.165) is 16.8 Å². The van der Waals surface area contributed by atoms with Gasteiger partial charge < -0.3 is 19.9 Å². The van der Waals surface area contributed by atoms with E-state index in [1.54, 1.807) is 32.4 Å². The third kappa shape index (κ3) is 3.31. The molecule has 0 fully saturated rings. The number of methoxy groups -OCH3 is 2. The molecule has 5 heteroatoms. The minimum absolute atomic E-state index is 0.280. The molecule has 0 radical (unpaired) electrons. The summed E-state index contributed by atoms with van der Waals surface area (Å²) in [6, 6.07) is 10.7. The van der Waals surface area contributed by atoms with E-state index < -0.39 is 5.97 Å². The molecule has 0 saturated carbocycles. The second-order valence-electron chi connectivity index (χ2n) is 4.84. The first-order valence-corrected chi connectivity index (χ1v) is 6.84. The molecule has 0 atom stereocenters. The highest BCUT2D eigenvalue weighted by Gasteiger charge is 2.10. The van der Waals surface area contributed by atoms with Gasteiger partial charge in [0, 0.05) is 17.8 Å². The lowest BCUT2D eigenvalue weighted by Crippen LogP contribution is -2.05. The fourth-order valence-electron chi connectivity index (χ4n) is 2.28. The highest BCUT2D eigenvalue weighted by atomic mass is 16.5. The van der Waals surface area contributed by atoms with Gasteiger partial charge in [-0.15, -0.1) is 0 Å². The molecular weight excluding hydrogens is 282 g/mol. The summed E-state index contributed by atoms with van der Waals surface area (Å²) in [5.74, 6) is 0.446. The lowest BCUT2D eigenvalue weighted by molar-refractivity contribution is 0.0697. The van der Waals surface area contributed by atoms with E-state index in [2.05, 4.69) is 5.32 Å². The number of carboxylic acids is 1. The van der Waals surface area contributed by atoms with Crippen molar-refractivity contribution >= 4 is 11.7 Å². The van der Waals surface area contributed by atoms with Crippen LogP contribution < -0.4 is 14.8 Å². The Hall–Kier alpha value is -2.69. The summed E-state index contributed by atoms with van der Waals surface area (Å²) < 4.78 is 10.7. The molecule has 5 nitrogen and oxygen atoms in total. The van der Waals surface area contributed by atoms with Gasteiger partial charge >= 0.3 is 5.97 Å². The highest BCUT2D eigenvalue weighted by Crippen LogP contribution is 2.31. The Bertz CT molecular complexity index is 682. The second kappa shape index (κ2) is 6.85. The molecule has 0 heterocycles. The number of anilines is 1. The Morgan fingerprint density at radius 2 is 1.95 bits per heavy atom. The van der Waals surface area contributed by atoms with Gasteiger partial charge in [0.05, 0.1) is 19.8 Å². The van der Waals surface area contributed by atoms with Crippen molar-refractivity contribution in [2.24, 2.45) is 0 Å². The summed E-state index contributed by atoms with van der Waals surface area (Å²) in [4.78, 5) is 10.9. The van der Waals surface area contributed by atoms with Crippen LogP contribution in [0, 0.1) is 6.92 Å². The van der Waals surface area contributed by atoms with Gasteiger partial charge in [0.2, 0.25) is 0 Å². The number of carbonyl (C=O) groups is 1. The van der Waals surface area contributed by atoms with Crippen molar-refractivity contribution in [1.29, 1.82) is 0 Å². The van der Waals surface area contributed by atoms with Gasteiger partial charge in [0.15, 0.2) is 11.5 Å². The molecule has 0 spiro atoms. The largest absolute Gasteiger partial charge is 0.493 e. The lowest BCUT2D eigenvalue weighted by atomic mass is 10.1. The van der Waals surface area contributed by atoms with E-state index in [1.807, 2.05) is 25.1 Å². The Balaban J connectivity index is 2.18. The van der Waals surface area contributed by atoms with Crippen LogP contribution in [-0.2, 0) is 6.54 Å². The van der Waals surface area contributed by atoms with Crippen LogP contribution in [0.4, 0.5) is 5.69 Å². The van der Waals surface area contributed by atoms with Crippen molar-refractivity contribution in [1.82, 2.24) is 0 Å². The zero-order valence-corrected chi connectivity index (χ0v) is 12.8. The molecule has 0 aliphatic rings. The monoisotopic (exact) mass is 301 g/mol. The van der Waals surface area contributed by atoms with Crippen LogP contribution in [0.3, 0.4) is 0 Å². The number of nitrogens with one attached hydrogen (secondary N) is 1. The number of aryl methyl sites for hydroxylation is 1. The number of benzene rings is 2. The van der Waals surface area contributed by atoms with Gasteiger partial charge in [-0.25, -0.2) is 4.79 Å². The molecule has 0 amide bonds. The maximum Gasteiger partial charge on any atom is 0.335 e. The number of hydrogen-bond acceptors (Lipinski definition) is 4. The second-order valence-corrected chi connectivity index (χ2v) is 4.84. The van der Waals surface area contributed by atoms with Crippen LogP contribution in [-0.4, -0.2) is 25.3 Å². The molecule has 2 rings (SSSR count). The number of rotatable bonds is 6. The molecule has 2 N–H and O–H groups in total. The van der Waals surface area contributed by atoms with E-state index in [4.69, 9.17) is 14.6 Å². The van der Waals surface area contributed by atoms with Crippen molar-refractivity contribution in [3.8, 4) is 11.5 Å². The summed E-state index contributed by atoms with van der Waals surface area (Å²) in [6.45, 7) is 2.42. The zero-order chi connectivity index (χ0) is 16.1. The SMILES string of the molecule is COc1cccc(CNc2ccc(C(=O)O)cc2C)c1OC. The average Bonchev–Trinajstić information content (AvgIpc) is 2.52. The molecule has 0 bridgehead atoms. The lowest BCUT2D eigenvalue weighted by Gasteiger charge is -2.15. The minimum atomic E-state index is -0.927. The van der Waals surface area contributed by atoms with Gasteiger partial charge in [-0.3, -0.25) is 0 Å². The Morgan fingerprint density at radius 3 is 2.55 bits per heavy atom. The predicted octanol–water partition coefficient (Wildman–Crippen LogP) is 3.32. The van der Waals surface area contributed by atoms with Crippen molar-refractivity contribution in [2.45, 2.75) is 13.5 Å². The Kier molecular flexibility index (Phi) is 4.88. The van der Waals surface area contributed by atoms with E-state index in [9.17, 15) is 4.79 Å². The average molecular weight is 301 g/mol. The van der Waals surface area contributed by atoms with E-state index >= 15 is 0 Å². The van der Waals surface area contributed by atoms with Gasteiger partial charge in [0.1, 0.15) is 0 Å². The number of para-hydroxylation sites is 1. The van der Waals surface area contributed by atoms with Crippen LogP contribution in [0.15, 0.2) is 36.4 Å². The van der Waals surface area contributed by atoms with Crippen molar-refractivity contribution in [3.63, 3.8) is 0 Å². The quantitative estimate of drug-likeness (QED) is 0.856. The summed E-state index contributed by atoms with van der Waals surface area (Å²) in [5, 5.41) is 12.3. The van der Waals surface area contributed by atoms with Crippen molar-refractivity contribution < 1.29 is 19.4 Å². The number of aromatic carboxylic acids is 1. The van der Waals surface area contributed by atoms with Crippen molar-refractivity contribution in [2.75, 3.05) is 19.5 Å². The van der Waals surface area contributed by atoms with Crippen LogP contribution in [0.2, 0.25) is 0 Å². The molecule has 116 valence electrons. The molecule has 0 aliphatic heterocycles. The molecule has 2 aromatic carbocycles. The summed E-state index contributed by atoms with van der Waals surface area (Å²) in [7, 11) is 3.21. The van der Waals surface area contributed by atoms with Gasteiger partial charge in [-0.05, 0) is 36.8 Å². The van der Waals surface area contributed by atoms with E-state index in [-0.39, 0.29) is 5.56 Å². The maximum atomic E-state index is 10.9. The molecule has 0 aliphatic carbocycles. The summed E-state index contributed by atoms with van der Waals surface area (Å²) in [6.07, 6.45) is 0. The number of ether oxygens (including phenoxy) is 2. The molecule has 0 aromatic heterocycles.